The lowest BCUT2D eigenvalue weighted by molar-refractivity contribution is 0.379. The number of nitrogens with zero attached hydrogens (tertiary/aromatic N) is 2. The van der Waals surface area contributed by atoms with E-state index in [0.29, 0.717) is 21.5 Å². The van der Waals surface area contributed by atoms with Crippen LogP contribution in [0.15, 0.2) is 52.3 Å². The molecular formula is C21H16BrFN4O. The number of aryl methyl sites for hydroxylation is 2. The fourth-order valence-electron chi connectivity index (χ4n) is 3.39. The third-order valence-corrected chi connectivity index (χ3v) is 5.62. The number of hydrogen-bond acceptors (Lipinski definition) is 4. The van der Waals surface area contributed by atoms with Gasteiger partial charge in [-0.1, -0.05) is 18.2 Å². The van der Waals surface area contributed by atoms with Crippen molar-refractivity contribution < 1.29 is 9.13 Å². The average Bonchev–Trinajstić information content (AvgIpc) is 3.08. The second-order valence-electron chi connectivity index (χ2n) is 6.71. The first-order valence-corrected chi connectivity index (χ1v) is 9.38. The molecule has 0 saturated carbocycles. The van der Waals surface area contributed by atoms with Gasteiger partial charge < -0.3 is 10.5 Å². The summed E-state index contributed by atoms with van der Waals surface area (Å²) in [6.07, 6.45) is 0. The van der Waals surface area contributed by atoms with Crippen molar-refractivity contribution in [3.63, 3.8) is 0 Å². The van der Waals surface area contributed by atoms with Crippen LogP contribution >= 0.6 is 15.9 Å². The van der Waals surface area contributed by atoms with E-state index in [-0.39, 0.29) is 17.3 Å². The molecule has 1 atom stereocenters. The van der Waals surface area contributed by atoms with Gasteiger partial charge in [0.15, 0.2) is 0 Å². The van der Waals surface area contributed by atoms with E-state index in [9.17, 15) is 9.65 Å². The normalized spacial score (nSPS) is 15.8. The molecule has 1 aliphatic heterocycles. The minimum Gasteiger partial charge on any atom is -0.420 e. The third kappa shape index (κ3) is 2.86. The molecule has 4 rings (SSSR count). The van der Waals surface area contributed by atoms with Crippen LogP contribution in [0.3, 0.4) is 0 Å². The predicted molar refractivity (Wildman–Crippen MR) is 107 cm³/mol. The maximum Gasteiger partial charge on any atom is 0.244 e. The lowest BCUT2D eigenvalue weighted by Gasteiger charge is -2.24. The molecule has 0 amide bonds. The number of rotatable bonds is 2. The van der Waals surface area contributed by atoms with Crippen molar-refractivity contribution in [3.8, 4) is 23.2 Å². The molecule has 0 unspecified atom stereocenters. The number of nitriles is 1. The highest BCUT2D eigenvalue weighted by molar-refractivity contribution is 9.10. The zero-order chi connectivity index (χ0) is 20.0. The van der Waals surface area contributed by atoms with Gasteiger partial charge in [0.1, 0.15) is 17.5 Å². The SMILES string of the molecule is Cc1ccc(-c2[nH]nc3c2[C@H](c2ccc(F)c(Br)c2)C(C#N)=C(N)O3)cc1C. The van der Waals surface area contributed by atoms with Crippen LogP contribution in [0.25, 0.3) is 11.3 Å². The zero-order valence-corrected chi connectivity index (χ0v) is 16.8. The molecule has 0 radical (unpaired) electrons. The molecule has 140 valence electrons. The predicted octanol–water partition coefficient (Wildman–Crippen LogP) is 4.81. The van der Waals surface area contributed by atoms with Crippen LogP contribution in [0, 0.1) is 31.0 Å². The van der Waals surface area contributed by atoms with Crippen molar-refractivity contribution in [1.29, 1.82) is 5.26 Å². The molecular weight excluding hydrogens is 423 g/mol. The quantitative estimate of drug-likeness (QED) is 0.600. The highest BCUT2D eigenvalue weighted by atomic mass is 79.9. The summed E-state index contributed by atoms with van der Waals surface area (Å²) in [5.74, 6) is -0.595. The number of ether oxygens (including phenoxy) is 1. The van der Waals surface area contributed by atoms with E-state index in [1.54, 1.807) is 12.1 Å². The van der Waals surface area contributed by atoms with Crippen molar-refractivity contribution in [1.82, 2.24) is 10.2 Å². The minimum absolute atomic E-state index is 0.00131. The lowest BCUT2D eigenvalue weighted by atomic mass is 9.83. The maximum absolute atomic E-state index is 13.8. The first-order chi connectivity index (χ1) is 13.4. The third-order valence-electron chi connectivity index (χ3n) is 5.01. The van der Waals surface area contributed by atoms with E-state index in [0.717, 1.165) is 16.8 Å². The van der Waals surface area contributed by atoms with E-state index in [4.69, 9.17) is 10.5 Å². The number of aromatic amines is 1. The smallest absolute Gasteiger partial charge is 0.244 e. The fourth-order valence-corrected chi connectivity index (χ4v) is 3.78. The molecule has 7 heteroatoms. The number of hydrogen-bond donors (Lipinski definition) is 2. The summed E-state index contributed by atoms with van der Waals surface area (Å²) < 4.78 is 19.7. The summed E-state index contributed by atoms with van der Waals surface area (Å²) in [6, 6.07) is 12.9. The van der Waals surface area contributed by atoms with Crippen LogP contribution in [0.2, 0.25) is 0 Å². The van der Waals surface area contributed by atoms with E-state index < -0.39 is 5.92 Å². The Hall–Kier alpha value is -3.11. The number of allylic oxidation sites excluding steroid dienone is 1. The van der Waals surface area contributed by atoms with Crippen LogP contribution in [0.1, 0.15) is 28.2 Å². The van der Waals surface area contributed by atoms with Crippen molar-refractivity contribution >= 4 is 15.9 Å². The van der Waals surface area contributed by atoms with Crippen molar-refractivity contribution in [2.45, 2.75) is 19.8 Å². The molecule has 1 aliphatic rings. The Labute approximate surface area is 169 Å². The van der Waals surface area contributed by atoms with Gasteiger partial charge in [-0.05, 0) is 64.7 Å². The first-order valence-electron chi connectivity index (χ1n) is 8.59. The fraction of sp³-hybridized carbons (Fsp3) is 0.143. The van der Waals surface area contributed by atoms with Gasteiger partial charge in [-0.3, -0.25) is 5.10 Å². The number of benzene rings is 2. The largest absolute Gasteiger partial charge is 0.420 e. The second-order valence-corrected chi connectivity index (χ2v) is 7.57. The highest BCUT2D eigenvalue weighted by Crippen LogP contribution is 2.46. The number of nitrogens with one attached hydrogen (secondary N) is 1. The molecule has 0 bridgehead atoms. The van der Waals surface area contributed by atoms with Gasteiger partial charge in [-0.15, -0.1) is 5.10 Å². The minimum atomic E-state index is -0.527. The molecule has 5 nitrogen and oxygen atoms in total. The van der Waals surface area contributed by atoms with Gasteiger partial charge in [-0.25, -0.2) is 4.39 Å². The van der Waals surface area contributed by atoms with Crippen molar-refractivity contribution in [2.24, 2.45) is 5.73 Å². The van der Waals surface area contributed by atoms with Gasteiger partial charge in [0.25, 0.3) is 0 Å². The number of aromatic nitrogens is 2. The van der Waals surface area contributed by atoms with E-state index >= 15 is 0 Å². The van der Waals surface area contributed by atoms with Crippen LogP contribution in [0.4, 0.5) is 4.39 Å². The average molecular weight is 439 g/mol. The van der Waals surface area contributed by atoms with E-state index in [1.807, 2.05) is 26.0 Å². The zero-order valence-electron chi connectivity index (χ0n) is 15.2. The van der Waals surface area contributed by atoms with Crippen LogP contribution in [0.5, 0.6) is 5.88 Å². The van der Waals surface area contributed by atoms with Gasteiger partial charge in [-0.2, -0.15) is 5.26 Å². The molecule has 0 aliphatic carbocycles. The summed E-state index contributed by atoms with van der Waals surface area (Å²) in [6.45, 7) is 4.08. The Balaban J connectivity index is 1.96. The van der Waals surface area contributed by atoms with E-state index in [1.165, 1.54) is 11.6 Å². The van der Waals surface area contributed by atoms with E-state index in [2.05, 4.69) is 38.3 Å². The molecule has 3 N–H and O–H groups in total. The summed E-state index contributed by atoms with van der Waals surface area (Å²) >= 11 is 3.22. The Morgan fingerprint density at radius 1 is 1.21 bits per heavy atom. The Morgan fingerprint density at radius 3 is 2.68 bits per heavy atom. The molecule has 0 saturated heterocycles. The monoisotopic (exact) mass is 438 g/mol. The summed E-state index contributed by atoms with van der Waals surface area (Å²) in [7, 11) is 0. The lowest BCUT2D eigenvalue weighted by Crippen LogP contribution is -2.21. The second kappa shape index (κ2) is 6.80. The summed E-state index contributed by atoms with van der Waals surface area (Å²) in [5.41, 5.74) is 11.6. The first kappa shape index (κ1) is 18.3. The molecule has 2 heterocycles. The molecule has 0 fully saturated rings. The van der Waals surface area contributed by atoms with Crippen molar-refractivity contribution in [2.75, 3.05) is 0 Å². The summed E-state index contributed by atoms with van der Waals surface area (Å²) in [4.78, 5) is 0. The Bertz CT molecular complexity index is 1180. The highest BCUT2D eigenvalue weighted by Gasteiger charge is 2.35. The van der Waals surface area contributed by atoms with Crippen LogP contribution in [-0.2, 0) is 0 Å². The molecule has 1 aromatic heterocycles. The number of nitrogens with two attached hydrogens (primary N) is 1. The van der Waals surface area contributed by atoms with Crippen LogP contribution in [-0.4, -0.2) is 10.2 Å². The standard InChI is InChI=1S/C21H16BrFN4O/c1-10-3-4-13(7-11(10)2)19-18-17(12-5-6-16(23)15(22)8-12)14(9-24)20(25)28-21(18)27-26-19/h3-8,17H,25H2,1-2H3,(H,26,27)/t17-/m1/s1. The Kier molecular flexibility index (Phi) is 4.44. The van der Waals surface area contributed by atoms with Gasteiger partial charge in [0.05, 0.1) is 21.6 Å². The van der Waals surface area contributed by atoms with Crippen molar-refractivity contribution in [3.05, 3.63) is 80.4 Å². The van der Waals surface area contributed by atoms with Gasteiger partial charge in [0.2, 0.25) is 11.8 Å². The molecule has 3 aromatic rings. The van der Waals surface area contributed by atoms with Gasteiger partial charge in [0, 0.05) is 5.56 Å². The van der Waals surface area contributed by atoms with Gasteiger partial charge >= 0.3 is 0 Å². The topological polar surface area (TPSA) is 87.7 Å². The summed E-state index contributed by atoms with van der Waals surface area (Å²) in [5, 5.41) is 17.0. The number of fused-ring (bicyclic) bond motifs is 1. The van der Waals surface area contributed by atoms with Crippen LogP contribution < -0.4 is 10.5 Å². The number of halogens is 2. The Morgan fingerprint density at radius 2 is 2.00 bits per heavy atom. The number of H-pyrrole nitrogens is 1. The molecule has 2 aromatic carbocycles. The molecule has 28 heavy (non-hydrogen) atoms. The maximum atomic E-state index is 13.8. The molecule has 0 spiro atoms.